The van der Waals surface area contributed by atoms with E-state index in [1.165, 1.54) is 10.8 Å². The summed E-state index contributed by atoms with van der Waals surface area (Å²) in [5.41, 5.74) is 0.405. The summed E-state index contributed by atoms with van der Waals surface area (Å²) in [6.45, 7) is 2.12. The summed E-state index contributed by atoms with van der Waals surface area (Å²) in [5.74, 6) is -1.05. The number of rotatable bonds is 4. The van der Waals surface area contributed by atoms with Crippen molar-refractivity contribution in [3.8, 4) is 5.75 Å². The molecule has 110 valence electrons. The maximum absolute atomic E-state index is 11.9. The van der Waals surface area contributed by atoms with E-state index in [9.17, 15) is 14.7 Å². The highest BCUT2D eigenvalue weighted by Crippen LogP contribution is 2.16. The number of carbonyl (C=O) groups excluding carboxylic acids is 1. The first kappa shape index (κ1) is 15.1. The minimum Gasteiger partial charge on any atom is -0.507 e. The third-order valence-corrected chi connectivity index (χ3v) is 3.12. The van der Waals surface area contributed by atoms with Crippen molar-refractivity contribution >= 4 is 17.6 Å². The number of halogens is 1. The van der Waals surface area contributed by atoms with Crippen LogP contribution in [-0.2, 0) is 11.3 Å². The minimum absolute atomic E-state index is 0.0367. The number of aromatic nitrogens is 1. The zero-order chi connectivity index (χ0) is 15.4. The lowest BCUT2D eigenvalue weighted by molar-refractivity contribution is 0.0522. The Balaban J connectivity index is 2.35. The summed E-state index contributed by atoms with van der Waals surface area (Å²) in [6.07, 6.45) is 1.30. The van der Waals surface area contributed by atoms with E-state index in [2.05, 4.69) is 0 Å². The van der Waals surface area contributed by atoms with Crippen LogP contribution in [0.4, 0.5) is 0 Å². The van der Waals surface area contributed by atoms with Crippen LogP contribution in [0.2, 0.25) is 5.02 Å². The average molecular weight is 308 g/mol. The molecule has 0 radical (unpaired) electrons. The summed E-state index contributed by atoms with van der Waals surface area (Å²) in [6, 6.07) is 8.00. The maximum atomic E-state index is 11.9. The normalized spacial score (nSPS) is 10.4. The molecule has 0 aliphatic carbocycles. The second-order valence-corrected chi connectivity index (χ2v) is 4.82. The fraction of sp³-hybridized carbons (Fsp3) is 0.200. The Morgan fingerprint density at radius 2 is 2.00 bits per heavy atom. The van der Waals surface area contributed by atoms with E-state index in [4.69, 9.17) is 16.3 Å². The molecule has 2 rings (SSSR count). The largest absolute Gasteiger partial charge is 0.507 e. The van der Waals surface area contributed by atoms with Crippen molar-refractivity contribution < 1.29 is 14.6 Å². The molecule has 1 heterocycles. The number of hydrogen-bond acceptors (Lipinski definition) is 4. The number of aromatic hydroxyl groups is 1. The lowest BCUT2D eigenvalue weighted by Crippen LogP contribution is -2.21. The van der Waals surface area contributed by atoms with E-state index in [-0.39, 0.29) is 24.5 Å². The number of ether oxygens (including phenoxy) is 1. The molecule has 0 amide bonds. The van der Waals surface area contributed by atoms with Crippen molar-refractivity contribution in [2.45, 2.75) is 13.5 Å². The Kier molecular flexibility index (Phi) is 4.65. The van der Waals surface area contributed by atoms with E-state index < -0.39 is 11.5 Å². The van der Waals surface area contributed by atoms with Gasteiger partial charge in [-0.3, -0.25) is 4.79 Å². The first-order valence-corrected chi connectivity index (χ1v) is 6.74. The summed E-state index contributed by atoms with van der Waals surface area (Å²) < 4.78 is 6.17. The molecular weight excluding hydrogens is 294 g/mol. The molecule has 21 heavy (non-hydrogen) atoms. The Morgan fingerprint density at radius 1 is 1.33 bits per heavy atom. The number of benzene rings is 1. The van der Waals surface area contributed by atoms with Crippen LogP contribution in [0.25, 0.3) is 0 Å². The van der Waals surface area contributed by atoms with Gasteiger partial charge in [-0.15, -0.1) is 0 Å². The summed E-state index contributed by atoms with van der Waals surface area (Å²) in [5, 5.41) is 10.3. The minimum atomic E-state index is -0.667. The van der Waals surface area contributed by atoms with Crippen molar-refractivity contribution in [1.82, 2.24) is 4.57 Å². The molecule has 0 spiro atoms. The van der Waals surface area contributed by atoms with Crippen LogP contribution >= 0.6 is 11.6 Å². The second-order valence-electron chi connectivity index (χ2n) is 4.39. The number of carbonyl (C=O) groups is 1. The monoisotopic (exact) mass is 307 g/mol. The van der Waals surface area contributed by atoms with Crippen LogP contribution in [0.15, 0.2) is 41.3 Å². The van der Waals surface area contributed by atoms with E-state index in [1.54, 1.807) is 31.2 Å². The zero-order valence-electron chi connectivity index (χ0n) is 11.4. The van der Waals surface area contributed by atoms with Gasteiger partial charge in [0.05, 0.1) is 13.2 Å². The predicted molar refractivity (Wildman–Crippen MR) is 78.9 cm³/mol. The summed E-state index contributed by atoms with van der Waals surface area (Å²) in [7, 11) is 0. The smallest absolute Gasteiger partial charge is 0.343 e. The van der Waals surface area contributed by atoms with E-state index in [1.807, 2.05) is 0 Å². The molecule has 1 aromatic carbocycles. The molecule has 0 bridgehead atoms. The van der Waals surface area contributed by atoms with Gasteiger partial charge >= 0.3 is 5.97 Å². The molecule has 6 heteroatoms. The lowest BCUT2D eigenvalue weighted by atomic mass is 10.2. The number of pyridine rings is 1. The van der Waals surface area contributed by atoms with Crippen LogP contribution in [0.1, 0.15) is 22.8 Å². The first-order chi connectivity index (χ1) is 10.0. The van der Waals surface area contributed by atoms with Gasteiger partial charge in [0.15, 0.2) is 0 Å². The predicted octanol–water partition coefficient (Wildman–Crippen LogP) is 2.43. The summed E-state index contributed by atoms with van der Waals surface area (Å²) >= 11 is 5.81. The molecule has 0 saturated heterocycles. The standard InChI is InChI=1S/C15H14ClNO4/c1-2-21-15(20)12-9-17(14(19)7-13(12)18)8-10-3-5-11(16)6-4-10/h3-7,9,18H,2,8H2,1H3. The van der Waals surface area contributed by atoms with Crippen molar-refractivity contribution in [1.29, 1.82) is 0 Å². The van der Waals surface area contributed by atoms with Gasteiger partial charge in [-0.25, -0.2) is 4.79 Å². The Hall–Kier alpha value is -2.27. The summed E-state index contributed by atoms with van der Waals surface area (Å²) in [4.78, 5) is 23.6. The molecule has 1 aromatic heterocycles. The fourth-order valence-electron chi connectivity index (χ4n) is 1.84. The van der Waals surface area contributed by atoms with Gasteiger partial charge in [-0.2, -0.15) is 0 Å². The van der Waals surface area contributed by atoms with Gasteiger partial charge in [0, 0.05) is 17.3 Å². The highest BCUT2D eigenvalue weighted by Gasteiger charge is 2.15. The Morgan fingerprint density at radius 3 is 2.62 bits per heavy atom. The molecule has 0 atom stereocenters. The quantitative estimate of drug-likeness (QED) is 0.881. The van der Waals surface area contributed by atoms with Crippen LogP contribution < -0.4 is 5.56 Å². The fourth-order valence-corrected chi connectivity index (χ4v) is 1.97. The van der Waals surface area contributed by atoms with E-state index in [0.717, 1.165) is 11.6 Å². The first-order valence-electron chi connectivity index (χ1n) is 6.36. The molecule has 1 N–H and O–H groups in total. The third kappa shape index (κ3) is 3.64. The van der Waals surface area contributed by atoms with Crippen LogP contribution in [0.5, 0.6) is 5.75 Å². The van der Waals surface area contributed by atoms with Gasteiger partial charge in [0.1, 0.15) is 11.3 Å². The van der Waals surface area contributed by atoms with Crippen molar-refractivity contribution in [2.75, 3.05) is 6.61 Å². The van der Waals surface area contributed by atoms with Crippen molar-refractivity contribution in [3.63, 3.8) is 0 Å². The van der Waals surface area contributed by atoms with Gasteiger partial charge in [-0.05, 0) is 24.6 Å². The molecule has 2 aromatic rings. The topological polar surface area (TPSA) is 68.5 Å². The zero-order valence-corrected chi connectivity index (χ0v) is 12.1. The van der Waals surface area contributed by atoms with Crippen molar-refractivity contribution in [2.24, 2.45) is 0 Å². The van der Waals surface area contributed by atoms with Gasteiger partial charge in [0.25, 0.3) is 5.56 Å². The molecule has 0 unspecified atom stereocenters. The number of hydrogen-bond donors (Lipinski definition) is 1. The second kappa shape index (κ2) is 6.45. The average Bonchev–Trinajstić information content (AvgIpc) is 2.44. The van der Waals surface area contributed by atoms with E-state index >= 15 is 0 Å². The number of nitrogens with zero attached hydrogens (tertiary/aromatic N) is 1. The SMILES string of the molecule is CCOC(=O)c1cn(Cc2ccc(Cl)cc2)c(=O)cc1O. The Bertz CT molecular complexity index is 707. The maximum Gasteiger partial charge on any atom is 0.343 e. The molecule has 0 aliphatic rings. The molecule has 0 saturated carbocycles. The van der Waals surface area contributed by atoms with Gasteiger partial charge in [-0.1, -0.05) is 23.7 Å². The van der Waals surface area contributed by atoms with E-state index in [0.29, 0.717) is 5.02 Å². The molecule has 0 aliphatic heterocycles. The molecule has 0 fully saturated rings. The van der Waals surface area contributed by atoms with Gasteiger partial charge < -0.3 is 14.4 Å². The van der Waals surface area contributed by atoms with Crippen LogP contribution in [-0.4, -0.2) is 22.2 Å². The Labute approximate surface area is 126 Å². The highest BCUT2D eigenvalue weighted by molar-refractivity contribution is 6.30. The molecular formula is C15H14ClNO4. The lowest BCUT2D eigenvalue weighted by Gasteiger charge is -2.10. The molecule has 5 nitrogen and oxygen atoms in total. The van der Waals surface area contributed by atoms with Gasteiger partial charge in [0.2, 0.25) is 0 Å². The number of esters is 1. The van der Waals surface area contributed by atoms with Crippen molar-refractivity contribution in [3.05, 3.63) is 63.0 Å². The van der Waals surface area contributed by atoms with Crippen LogP contribution in [0, 0.1) is 0 Å². The highest BCUT2D eigenvalue weighted by atomic mass is 35.5. The third-order valence-electron chi connectivity index (χ3n) is 2.87. The van der Waals surface area contributed by atoms with Crippen LogP contribution in [0.3, 0.4) is 0 Å².